The monoisotopic (exact) mass is 505 g/mol. The summed E-state index contributed by atoms with van der Waals surface area (Å²) in [5, 5.41) is 11.1. The van der Waals surface area contributed by atoms with Crippen LogP contribution in [-0.2, 0) is 4.79 Å². The molecular weight excluding hydrogens is 481 g/mol. The molecule has 9 heteroatoms. The van der Waals surface area contributed by atoms with E-state index in [1.807, 2.05) is 57.2 Å². The van der Waals surface area contributed by atoms with Crippen molar-refractivity contribution in [2.45, 2.75) is 20.8 Å². The summed E-state index contributed by atoms with van der Waals surface area (Å²) in [5.74, 6) is 0.198. The molecule has 8 nitrogen and oxygen atoms in total. The quantitative estimate of drug-likeness (QED) is 0.258. The average Bonchev–Trinajstić information content (AvgIpc) is 3.52. The Hall–Kier alpha value is -4.92. The Kier molecular flexibility index (Phi) is 5.48. The Bertz CT molecular complexity index is 1830. The van der Waals surface area contributed by atoms with Gasteiger partial charge in [0.25, 0.3) is 0 Å². The number of nitrogens with zero attached hydrogens (tertiary/aromatic N) is 4. The predicted octanol–water partition coefficient (Wildman–Crippen LogP) is 6.35. The molecule has 0 saturated heterocycles. The van der Waals surface area contributed by atoms with Gasteiger partial charge in [0.15, 0.2) is 11.5 Å². The van der Waals surface area contributed by atoms with Crippen LogP contribution in [-0.4, -0.2) is 36.0 Å². The number of carbonyl (C=O) groups excluding carboxylic acids is 1. The summed E-state index contributed by atoms with van der Waals surface area (Å²) in [5.41, 5.74) is 6.05. The summed E-state index contributed by atoms with van der Waals surface area (Å²) in [7, 11) is 0. The first-order valence-electron chi connectivity index (χ1n) is 12.1. The predicted molar refractivity (Wildman–Crippen MR) is 146 cm³/mol. The van der Waals surface area contributed by atoms with Crippen LogP contribution in [0, 0.1) is 11.2 Å². The Labute approximate surface area is 217 Å². The van der Waals surface area contributed by atoms with E-state index in [9.17, 15) is 9.18 Å². The first kappa shape index (κ1) is 23.5. The zero-order valence-electron chi connectivity index (χ0n) is 21.0. The van der Waals surface area contributed by atoms with Crippen molar-refractivity contribution in [1.82, 2.24) is 30.1 Å². The third kappa shape index (κ3) is 4.28. The average molecular weight is 506 g/mol. The van der Waals surface area contributed by atoms with E-state index in [-0.39, 0.29) is 11.7 Å². The highest BCUT2D eigenvalue weighted by Gasteiger charge is 2.21. The number of pyridine rings is 2. The summed E-state index contributed by atoms with van der Waals surface area (Å²) in [6, 6.07) is 16.1. The number of H-pyrrole nitrogens is 2. The van der Waals surface area contributed by atoms with Crippen molar-refractivity contribution in [3.8, 4) is 33.8 Å². The maximum Gasteiger partial charge on any atom is 0.229 e. The minimum Gasteiger partial charge on any atom is -0.337 e. The number of carbonyl (C=O) groups is 1. The molecule has 38 heavy (non-hydrogen) atoms. The molecule has 0 unspecified atom stereocenters. The van der Waals surface area contributed by atoms with Gasteiger partial charge in [0.1, 0.15) is 11.5 Å². The normalized spacial score (nSPS) is 11.8. The number of anilines is 1. The van der Waals surface area contributed by atoms with Crippen molar-refractivity contribution in [1.29, 1.82) is 0 Å². The number of benzene rings is 2. The van der Waals surface area contributed by atoms with Crippen molar-refractivity contribution >= 4 is 33.7 Å². The van der Waals surface area contributed by atoms with E-state index in [0.29, 0.717) is 22.9 Å². The molecule has 0 spiro atoms. The number of halogens is 1. The highest BCUT2D eigenvalue weighted by molar-refractivity contribution is 5.98. The number of aromatic nitrogens is 6. The molecule has 4 heterocycles. The van der Waals surface area contributed by atoms with Crippen LogP contribution in [0.3, 0.4) is 0 Å². The van der Waals surface area contributed by atoms with Crippen LogP contribution in [0.4, 0.5) is 10.1 Å². The topological polar surface area (TPSA) is 112 Å². The number of aromatic amines is 2. The van der Waals surface area contributed by atoms with Gasteiger partial charge in [-0.15, -0.1) is 0 Å². The summed E-state index contributed by atoms with van der Waals surface area (Å²) in [6.45, 7) is 5.57. The molecule has 0 aliphatic carbocycles. The van der Waals surface area contributed by atoms with E-state index in [0.717, 1.165) is 38.7 Å². The molecule has 188 valence electrons. The highest BCUT2D eigenvalue weighted by atomic mass is 19.1. The summed E-state index contributed by atoms with van der Waals surface area (Å²) >= 11 is 0. The van der Waals surface area contributed by atoms with Gasteiger partial charge < -0.3 is 10.3 Å². The van der Waals surface area contributed by atoms with E-state index in [2.05, 4.69) is 30.5 Å². The molecule has 0 fully saturated rings. The smallest absolute Gasteiger partial charge is 0.229 e. The van der Waals surface area contributed by atoms with Gasteiger partial charge in [-0.05, 0) is 35.9 Å². The first-order chi connectivity index (χ1) is 18.3. The molecule has 3 N–H and O–H groups in total. The summed E-state index contributed by atoms with van der Waals surface area (Å²) in [6.07, 6.45) is 5.06. The van der Waals surface area contributed by atoms with Gasteiger partial charge in [-0.1, -0.05) is 45.0 Å². The number of imidazole rings is 1. The van der Waals surface area contributed by atoms with E-state index < -0.39 is 5.41 Å². The number of hydrogen-bond acceptors (Lipinski definition) is 5. The second-order valence-corrected chi connectivity index (χ2v) is 10.2. The van der Waals surface area contributed by atoms with Crippen molar-refractivity contribution in [3.05, 3.63) is 79.0 Å². The zero-order valence-corrected chi connectivity index (χ0v) is 21.0. The van der Waals surface area contributed by atoms with Gasteiger partial charge in [0.2, 0.25) is 5.91 Å². The highest BCUT2D eigenvalue weighted by Crippen LogP contribution is 2.33. The van der Waals surface area contributed by atoms with E-state index >= 15 is 0 Å². The minimum atomic E-state index is -0.525. The number of rotatable bonds is 4. The lowest BCUT2D eigenvalue weighted by Crippen LogP contribution is -2.27. The van der Waals surface area contributed by atoms with Crippen LogP contribution in [0.15, 0.2) is 73.2 Å². The second kappa shape index (κ2) is 8.88. The third-order valence-electron chi connectivity index (χ3n) is 6.31. The Morgan fingerprint density at radius 3 is 2.58 bits per heavy atom. The lowest BCUT2D eigenvalue weighted by molar-refractivity contribution is -0.123. The molecular formula is C29H24FN7O. The molecule has 1 amide bonds. The van der Waals surface area contributed by atoms with E-state index in [1.54, 1.807) is 24.7 Å². The zero-order chi connectivity index (χ0) is 26.4. The second-order valence-electron chi connectivity index (χ2n) is 10.2. The molecule has 0 aliphatic heterocycles. The van der Waals surface area contributed by atoms with Crippen molar-refractivity contribution < 1.29 is 9.18 Å². The van der Waals surface area contributed by atoms with E-state index in [4.69, 9.17) is 4.98 Å². The molecule has 6 rings (SSSR count). The fourth-order valence-electron chi connectivity index (χ4n) is 4.26. The number of hydrogen-bond donors (Lipinski definition) is 3. The van der Waals surface area contributed by atoms with Gasteiger partial charge in [0, 0.05) is 34.5 Å². The van der Waals surface area contributed by atoms with Crippen LogP contribution in [0.5, 0.6) is 0 Å². The van der Waals surface area contributed by atoms with Crippen LogP contribution < -0.4 is 5.32 Å². The SMILES string of the molecule is CC(C)(C)C(=O)Nc1cncc(-c2cnc3n[nH]c(-c4nc5c(-c6cccc(F)c6)cccc5[nH]4)c3c2)c1. The van der Waals surface area contributed by atoms with Gasteiger partial charge in [-0.25, -0.2) is 14.4 Å². The number of fused-ring (bicyclic) bond motifs is 2. The largest absolute Gasteiger partial charge is 0.337 e. The molecule has 0 aliphatic rings. The number of nitrogens with one attached hydrogen (secondary N) is 3. The van der Waals surface area contributed by atoms with Gasteiger partial charge in [0.05, 0.1) is 28.3 Å². The molecule has 0 atom stereocenters. The van der Waals surface area contributed by atoms with Gasteiger partial charge in [-0.3, -0.25) is 14.9 Å². The van der Waals surface area contributed by atoms with E-state index in [1.165, 1.54) is 12.1 Å². The van der Waals surface area contributed by atoms with Crippen molar-refractivity contribution in [2.75, 3.05) is 5.32 Å². The molecule has 0 saturated carbocycles. The maximum atomic E-state index is 13.9. The summed E-state index contributed by atoms with van der Waals surface area (Å²) in [4.78, 5) is 29.5. The first-order valence-corrected chi connectivity index (χ1v) is 12.1. The fraction of sp³-hybridized carbons (Fsp3) is 0.138. The molecule has 6 aromatic rings. The lowest BCUT2D eigenvalue weighted by Gasteiger charge is -2.17. The van der Waals surface area contributed by atoms with Crippen LogP contribution in [0.2, 0.25) is 0 Å². The molecule has 0 bridgehead atoms. The minimum absolute atomic E-state index is 0.0929. The molecule has 4 aromatic heterocycles. The fourth-order valence-corrected chi connectivity index (χ4v) is 4.26. The molecule has 2 aromatic carbocycles. The van der Waals surface area contributed by atoms with Gasteiger partial charge in [-0.2, -0.15) is 5.10 Å². The number of para-hydroxylation sites is 1. The Balaban J connectivity index is 1.40. The lowest BCUT2D eigenvalue weighted by atomic mass is 9.95. The maximum absolute atomic E-state index is 13.9. The Morgan fingerprint density at radius 2 is 1.76 bits per heavy atom. The summed E-state index contributed by atoms with van der Waals surface area (Å²) < 4.78 is 13.9. The van der Waals surface area contributed by atoms with Crippen LogP contribution >= 0.6 is 0 Å². The number of amides is 1. The van der Waals surface area contributed by atoms with Gasteiger partial charge >= 0.3 is 0 Å². The standard InChI is InChI=1S/C29H24FN7O/c1-29(2,3)28(38)33-20-11-17(13-31-15-20)18-12-22-25(36-37-26(22)32-14-18)27-34-23-9-5-8-21(24(23)35-27)16-6-4-7-19(30)10-16/h4-15H,1-3H3,(H,33,38)(H,34,35)(H,32,36,37). The van der Waals surface area contributed by atoms with Crippen LogP contribution in [0.25, 0.3) is 55.8 Å². The van der Waals surface area contributed by atoms with Crippen molar-refractivity contribution in [3.63, 3.8) is 0 Å². The molecule has 0 radical (unpaired) electrons. The third-order valence-corrected chi connectivity index (χ3v) is 6.31. The Morgan fingerprint density at radius 1 is 0.947 bits per heavy atom. The van der Waals surface area contributed by atoms with Crippen molar-refractivity contribution in [2.24, 2.45) is 5.41 Å². The van der Waals surface area contributed by atoms with Crippen LogP contribution in [0.1, 0.15) is 20.8 Å².